The fourth-order valence-electron chi connectivity index (χ4n) is 1.91. The zero-order valence-corrected chi connectivity index (χ0v) is 10.5. The molecule has 0 spiro atoms. The van der Waals surface area contributed by atoms with Gasteiger partial charge in [0.15, 0.2) is 0 Å². The minimum Gasteiger partial charge on any atom is -0.0998 e. The summed E-state index contributed by atoms with van der Waals surface area (Å²) in [5.41, 5.74) is 5.40. The number of hydrogen-bond acceptors (Lipinski definition) is 0. The molecule has 16 heavy (non-hydrogen) atoms. The summed E-state index contributed by atoms with van der Waals surface area (Å²) in [6.07, 6.45) is 8.77. The molecule has 0 unspecified atom stereocenters. The standard InChI is InChI=1S/C16H24/c1-13-5-7-14(2)9-11-16(4)12-10-15(3)8-6-13/h1-12H2. The molecular weight excluding hydrogens is 192 g/mol. The van der Waals surface area contributed by atoms with Gasteiger partial charge >= 0.3 is 0 Å². The lowest BCUT2D eigenvalue weighted by Gasteiger charge is -2.13. The molecule has 0 heterocycles. The van der Waals surface area contributed by atoms with Gasteiger partial charge in [0.25, 0.3) is 0 Å². The molecule has 1 rings (SSSR count). The summed E-state index contributed by atoms with van der Waals surface area (Å²) in [5.74, 6) is 0. The van der Waals surface area contributed by atoms with E-state index in [1.165, 1.54) is 22.3 Å². The summed E-state index contributed by atoms with van der Waals surface area (Å²) in [5, 5.41) is 0. The van der Waals surface area contributed by atoms with E-state index in [1.54, 1.807) is 0 Å². The van der Waals surface area contributed by atoms with Crippen molar-refractivity contribution < 1.29 is 0 Å². The largest absolute Gasteiger partial charge is 0.0998 e. The van der Waals surface area contributed by atoms with Gasteiger partial charge in [0, 0.05) is 0 Å². The van der Waals surface area contributed by atoms with Crippen molar-refractivity contribution in [3.63, 3.8) is 0 Å². The third-order valence-corrected chi connectivity index (χ3v) is 3.33. The average molecular weight is 216 g/mol. The second-order valence-electron chi connectivity index (χ2n) is 5.00. The van der Waals surface area contributed by atoms with Gasteiger partial charge < -0.3 is 0 Å². The monoisotopic (exact) mass is 216 g/mol. The fourth-order valence-corrected chi connectivity index (χ4v) is 1.91. The summed E-state index contributed by atoms with van der Waals surface area (Å²) in [6, 6.07) is 0. The molecule has 0 radical (unpaired) electrons. The van der Waals surface area contributed by atoms with Crippen LogP contribution in [0.3, 0.4) is 0 Å². The van der Waals surface area contributed by atoms with Crippen molar-refractivity contribution in [1.82, 2.24) is 0 Å². The van der Waals surface area contributed by atoms with E-state index in [-0.39, 0.29) is 0 Å². The van der Waals surface area contributed by atoms with Crippen LogP contribution >= 0.6 is 0 Å². The minimum atomic E-state index is 1.10. The molecule has 0 bridgehead atoms. The summed E-state index contributed by atoms with van der Waals surface area (Å²) < 4.78 is 0. The van der Waals surface area contributed by atoms with Gasteiger partial charge in [0.05, 0.1) is 0 Å². The molecule has 0 nitrogen and oxygen atoms in total. The molecule has 88 valence electrons. The summed E-state index contributed by atoms with van der Waals surface area (Å²) >= 11 is 0. The lowest BCUT2D eigenvalue weighted by molar-refractivity contribution is 0.735. The molecule has 0 aromatic rings. The van der Waals surface area contributed by atoms with Gasteiger partial charge in [-0.2, -0.15) is 0 Å². The highest BCUT2D eigenvalue weighted by molar-refractivity contribution is 5.10. The second kappa shape index (κ2) is 6.52. The van der Waals surface area contributed by atoms with E-state index in [0.29, 0.717) is 0 Å². The van der Waals surface area contributed by atoms with E-state index in [1.807, 2.05) is 0 Å². The fraction of sp³-hybridized carbons (Fsp3) is 0.500. The van der Waals surface area contributed by atoms with Crippen molar-refractivity contribution in [2.75, 3.05) is 0 Å². The van der Waals surface area contributed by atoms with Crippen LogP contribution < -0.4 is 0 Å². The maximum absolute atomic E-state index is 4.13. The van der Waals surface area contributed by atoms with Crippen molar-refractivity contribution in [1.29, 1.82) is 0 Å². The van der Waals surface area contributed by atoms with Crippen molar-refractivity contribution in [3.05, 3.63) is 48.6 Å². The lowest BCUT2D eigenvalue weighted by Crippen LogP contribution is -1.93. The molecular formula is C16H24. The van der Waals surface area contributed by atoms with Gasteiger partial charge in [-0.15, -0.1) is 0 Å². The Morgan fingerprint density at radius 3 is 0.625 bits per heavy atom. The van der Waals surface area contributed by atoms with Crippen LogP contribution in [-0.2, 0) is 0 Å². The number of hydrogen-bond donors (Lipinski definition) is 0. The van der Waals surface area contributed by atoms with Gasteiger partial charge in [-0.25, -0.2) is 0 Å². The van der Waals surface area contributed by atoms with Gasteiger partial charge in [-0.3, -0.25) is 0 Å². The highest BCUT2D eigenvalue weighted by Gasteiger charge is 2.05. The zero-order chi connectivity index (χ0) is 12.0. The minimum absolute atomic E-state index is 1.10. The van der Waals surface area contributed by atoms with E-state index < -0.39 is 0 Å². The van der Waals surface area contributed by atoms with E-state index in [4.69, 9.17) is 0 Å². The van der Waals surface area contributed by atoms with E-state index in [0.717, 1.165) is 51.4 Å². The third-order valence-electron chi connectivity index (χ3n) is 3.33. The van der Waals surface area contributed by atoms with Crippen LogP contribution in [0.15, 0.2) is 48.6 Å². The Labute approximate surface area is 100 Å². The average Bonchev–Trinajstić information content (AvgIpc) is 2.27. The molecule has 1 saturated carbocycles. The Kier molecular flexibility index (Phi) is 5.31. The zero-order valence-electron chi connectivity index (χ0n) is 10.5. The first-order valence-electron chi connectivity index (χ1n) is 6.24. The van der Waals surface area contributed by atoms with Gasteiger partial charge in [0.1, 0.15) is 0 Å². The predicted molar refractivity (Wildman–Crippen MR) is 73.5 cm³/mol. The highest BCUT2D eigenvalue weighted by atomic mass is 14.1. The Morgan fingerprint density at radius 2 is 0.500 bits per heavy atom. The number of allylic oxidation sites excluding steroid dienone is 4. The van der Waals surface area contributed by atoms with Crippen molar-refractivity contribution >= 4 is 0 Å². The first-order valence-corrected chi connectivity index (χ1v) is 6.24. The van der Waals surface area contributed by atoms with E-state index >= 15 is 0 Å². The quantitative estimate of drug-likeness (QED) is 0.479. The van der Waals surface area contributed by atoms with Crippen LogP contribution in [0.2, 0.25) is 0 Å². The molecule has 0 amide bonds. The van der Waals surface area contributed by atoms with Crippen molar-refractivity contribution in [3.8, 4) is 0 Å². The summed E-state index contributed by atoms with van der Waals surface area (Å²) in [7, 11) is 0. The molecule has 1 fully saturated rings. The Morgan fingerprint density at radius 1 is 0.375 bits per heavy atom. The van der Waals surface area contributed by atoms with Gasteiger partial charge in [-0.05, 0) is 51.4 Å². The van der Waals surface area contributed by atoms with Crippen molar-refractivity contribution in [2.24, 2.45) is 0 Å². The summed E-state index contributed by atoms with van der Waals surface area (Å²) in [6.45, 7) is 16.5. The van der Waals surface area contributed by atoms with Gasteiger partial charge in [-0.1, -0.05) is 48.6 Å². The maximum Gasteiger partial charge on any atom is -0.0286 e. The lowest BCUT2D eigenvalue weighted by atomic mass is 9.93. The first kappa shape index (κ1) is 13.0. The van der Waals surface area contributed by atoms with E-state index in [9.17, 15) is 0 Å². The van der Waals surface area contributed by atoms with Crippen LogP contribution in [0.25, 0.3) is 0 Å². The van der Waals surface area contributed by atoms with Crippen LogP contribution in [0.4, 0.5) is 0 Å². The van der Waals surface area contributed by atoms with Crippen LogP contribution in [0, 0.1) is 0 Å². The molecule has 0 atom stereocenters. The molecule has 1 aliphatic rings. The topological polar surface area (TPSA) is 0 Å². The molecule has 0 saturated heterocycles. The highest BCUT2D eigenvalue weighted by Crippen LogP contribution is 2.24. The van der Waals surface area contributed by atoms with Gasteiger partial charge in [0.2, 0.25) is 0 Å². The second-order valence-corrected chi connectivity index (χ2v) is 5.00. The van der Waals surface area contributed by atoms with Crippen LogP contribution in [0.1, 0.15) is 51.4 Å². The van der Waals surface area contributed by atoms with Crippen LogP contribution in [-0.4, -0.2) is 0 Å². The Hall–Kier alpha value is -1.04. The first-order chi connectivity index (χ1) is 7.58. The van der Waals surface area contributed by atoms with Crippen LogP contribution in [0.5, 0.6) is 0 Å². The normalized spacial score (nSPS) is 21.5. The SMILES string of the molecule is C=C1CCC(=C)CCC(=C)CCC(=C)CC1. The number of rotatable bonds is 0. The Bertz CT molecular complexity index is 216. The smallest absolute Gasteiger partial charge is 0.0286 e. The predicted octanol–water partition coefficient (Wildman–Crippen LogP) is 5.35. The molecule has 0 heteroatoms. The summed E-state index contributed by atoms with van der Waals surface area (Å²) in [4.78, 5) is 0. The van der Waals surface area contributed by atoms with E-state index in [2.05, 4.69) is 26.3 Å². The molecule has 0 aliphatic heterocycles. The molecule has 0 aromatic carbocycles. The van der Waals surface area contributed by atoms with Crippen molar-refractivity contribution in [2.45, 2.75) is 51.4 Å². The third kappa shape index (κ3) is 5.16. The molecule has 0 N–H and O–H groups in total. The molecule has 1 aliphatic carbocycles. The molecule has 0 aromatic heterocycles. The Balaban J connectivity index is 2.52. The maximum atomic E-state index is 4.13.